The Hall–Kier alpha value is -0.290. The number of hydrogen-bond donors (Lipinski definition) is 1. The number of alkyl halides is 3. The zero-order valence-electron chi connectivity index (χ0n) is 9.39. The van der Waals surface area contributed by atoms with Gasteiger partial charge in [-0.05, 0) is 45.3 Å². The molecule has 2 nitrogen and oxygen atoms in total. The van der Waals surface area contributed by atoms with Gasteiger partial charge >= 0.3 is 6.18 Å². The molecule has 0 spiro atoms. The molecule has 2 rings (SSSR count). The summed E-state index contributed by atoms with van der Waals surface area (Å²) in [5.41, 5.74) is 0. The third kappa shape index (κ3) is 3.10. The predicted molar refractivity (Wildman–Crippen MR) is 56.2 cm³/mol. The van der Waals surface area contributed by atoms with Crippen molar-refractivity contribution in [1.29, 1.82) is 0 Å². The van der Waals surface area contributed by atoms with Crippen LogP contribution in [0.25, 0.3) is 0 Å². The van der Waals surface area contributed by atoms with Crippen LogP contribution < -0.4 is 5.32 Å². The molecule has 0 amide bonds. The molecule has 0 saturated carbocycles. The molecule has 0 bridgehead atoms. The van der Waals surface area contributed by atoms with Crippen molar-refractivity contribution in [3.05, 3.63) is 0 Å². The molecule has 1 atom stereocenters. The average Bonchev–Trinajstić information content (AvgIpc) is 2.70. The van der Waals surface area contributed by atoms with E-state index in [1.165, 1.54) is 12.8 Å². The minimum Gasteiger partial charge on any atom is -0.313 e. The lowest BCUT2D eigenvalue weighted by molar-refractivity contribution is -0.185. The van der Waals surface area contributed by atoms with E-state index in [9.17, 15) is 13.2 Å². The van der Waals surface area contributed by atoms with Gasteiger partial charge in [0.25, 0.3) is 0 Å². The third-order valence-electron chi connectivity index (χ3n) is 3.69. The molecule has 94 valence electrons. The molecule has 2 fully saturated rings. The Bertz CT molecular complexity index is 216. The van der Waals surface area contributed by atoms with Crippen LogP contribution in [0, 0.1) is 5.92 Å². The molecule has 0 aliphatic carbocycles. The van der Waals surface area contributed by atoms with Crippen LogP contribution in [-0.2, 0) is 0 Å². The second kappa shape index (κ2) is 4.92. The molecule has 2 aliphatic rings. The minimum absolute atomic E-state index is 0.274. The maximum absolute atomic E-state index is 12.4. The lowest BCUT2D eigenvalue weighted by atomic mass is 9.96. The van der Waals surface area contributed by atoms with Crippen molar-refractivity contribution in [1.82, 2.24) is 10.2 Å². The van der Waals surface area contributed by atoms with Gasteiger partial charge in [-0.25, -0.2) is 0 Å². The monoisotopic (exact) mass is 236 g/mol. The number of rotatable bonds is 2. The summed E-state index contributed by atoms with van der Waals surface area (Å²) in [5, 5.41) is 3.38. The molecular weight excluding hydrogens is 217 g/mol. The van der Waals surface area contributed by atoms with Crippen molar-refractivity contribution in [3.8, 4) is 0 Å². The highest BCUT2D eigenvalue weighted by atomic mass is 19.4. The first kappa shape index (κ1) is 12.2. The average molecular weight is 236 g/mol. The lowest BCUT2D eigenvalue weighted by Gasteiger charge is -2.34. The summed E-state index contributed by atoms with van der Waals surface area (Å²) < 4.78 is 37.3. The van der Waals surface area contributed by atoms with Crippen LogP contribution in [0.2, 0.25) is 0 Å². The van der Waals surface area contributed by atoms with Gasteiger partial charge in [0.1, 0.15) is 0 Å². The SMILES string of the molecule is FC(F)(F)C1CCN(C[C@H]2CCCN2)CC1. The van der Waals surface area contributed by atoms with E-state index in [4.69, 9.17) is 0 Å². The Labute approximate surface area is 94.2 Å². The molecule has 0 unspecified atom stereocenters. The fraction of sp³-hybridized carbons (Fsp3) is 1.00. The quantitative estimate of drug-likeness (QED) is 0.789. The van der Waals surface area contributed by atoms with Gasteiger partial charge in [-0.2, -0.15) is 13.2 Å². The van der Waals surface area contributed by atoms with Gasteiger partial charge in [-0.3, -0.25) is 0 Å². The summed E-state index contributed by atoms with van der Waals surface area (Å²) >= 11 is 0. The van der Waals surface area contributed by atoms with Crippen LogP contribution in [0.15, 0.2) is 0 Å². The summed E-state index contributed by atoms with van der Waals surface area (Å²) in [4.78, 5) is 2.17. The van der Waals surface area contributed by atoms with Crippen molar-refractivity contribution in [3.63, 3.8) is 0 Å². The summed E-state index contributed by atoms with van der Waals surface area (Å²) in [6.07, 6.45) is -1.08. The van der Waals surface area contributed by atoms with E-state index in [2.05, 4.69) is 10.2 Å². The lowest BCUT2D eigenvalue weighted by Crippen LogP contribution is -2.44. The second-order valence-corrected chi connectivity index (χ2v) is 4.91. The first-order valence-electron chi connectivity index (χ1n) is 6.08. The number of likely N-dealkylation sites (tertiary alicyclic amines) is 1. The molecule has 1 N–H and O–H groups in total. The van der Waals surface area contributed by atoms with Crippen LogP contribution in [0.4, 0.5) is 13.2 Å². The zero-order chi connectivity index (χ0) is 11.6. The molecule has 2 heterocycles. The van der Waals surface area contributed by atoms with Gasteiger partial charge in [0.2, 0.25) is 0 Å². The van der Waals surface area contributed by atoms with Gasteiger partial charge in [-0.15, -0.1) is 0 Å². The number of nitrogens with zero attached hydrogens (tertiary/aromatic N) is 1. The molecule has 0 radical (unpaired) electrons. The molecule has 16 heavy (non-hydrogen) atoms. The van der Waals surface area contributed by atoms with Crippen LogP contribution in [0.5, 0.6) is 0 Å². The number of nitrogens with one attached hydrogen (secondary N) is 1. The summed E-state index contributed by atoms with van der Waals surface area (Å²) in [7, 11) is 0. The molecular formula is C11H19F3N2. The van der Waals surface area contributed by atoms with Crippen LogP contribution in [0.3, 0.4) is 0 Å². The maximum atomic E-state index is 12.4. The Morgan fingerprint density at radius 2 is 1.81 bits per heavy atom. The van der Waals surface area contributed by atoms with E-state index in [-0.39, 0.29) is 12.8 Å². The standard InChI is InChI=1S/C11H19F3N2/c12-11(13,14)9-3-6-16(7-4-9)8-10-2-1-5-15-10/h9-10,15H,1-8H2/t10-/m1/s1. The number of hydrogen-bond acceptors (Lipinski definition) is 2. The van der Waals surface area contributed by atoms with E-state index in [1.54, 1.807) is 0 Å². The first-order chi connectivity index (χ1) is 7.55. The number of halogens is 3. The topological polar surface area (TPSA) is 15.3 Å². The normalized spacial score (nSPS) is 29.8. The van der Waals surface area contributed by atoms with Gasteiger partial charge in [-0.1, -0.05) is 0 Å². The molecule has 2 saturated heterocycles. The second-order valence-electron chi connectivity index (χ2n) is 4.91. The zero-order valence-corrected chi connectivity index (χ0v) is 9.39. The van der Waals surface area contributed by atoms with Gasteiger partial charge in [0.15, 0.2) is 0 Å². The largest absolute Gasteiger partial charge is 0.391 e. The van der Waals surface area contributed by atoms with Gasteiger partial charge in [0.05, 0.1) is 5.92 Å². The molecule has 0 aromatic rings. The smallest absolute Gasteiger partial charge is 0.313 e. The van der Waals surface area contributed by atoms with Gasteiger partial charge in [0, 0.05) is 12.6 Å². The van der Waals surface area contributed by atoms with E-state index in [0.717, 1.165) is 13.1 Å². The van der Waals surface area contributed by atoms with Gasteiger partial charge < -0.3 is 10.2 Å². The van der Waals surface area contributed by atoms with Crippen molar-refractivity contribution < 1.29 is 13.2 Å². The highest BCUT2D eigenvalue weighted by Crippen LogP contribution is 2.34. The van der Waals surface area contributed by atoms with Crippen LogP contribution >= 0.6 is 0 Å². The highest BCUT2D eigenvalue weighted by Gasteiger charge is 2.41. The van der Waals surface area contributed by atoms with Crippen molar-refractivity contribution >= 4 is 0 Å². The fourth-order valence-corrected chi connectivity index (χ4v) is 2.67. The maximum Gasteiger partial charge on any atom is 0.391 e. The number of piperidine rings is 1. The minimum atomic E-state index is -3.99. The van der Waals surface area contributed by atoms with Crippen molar-refractivity contribution in [2.45, 2.75) is 37.9 Å². The Kier molecular flexibility index (Phi) is 3.74. The van der Waals surface area contributed by atoms with E-state index in [0.29, 0.717) is 19.1 Å². The van der Waals surface area contributed by atoms with Crippen LogP contribution in [0.1, 0.15) is 25.7 Å². The Morgan fingerprint density at radius 1 is 1.12 bits per heavy atom. The Balaban J connectivity index is 1.72. The van der Waals surface area contributed by atoms with E-state index >= 15 is 0 Å². The van der Waals surface area contributed by atoms with Crippen LogP contribution in [-0.4, -0.2) is 43.3 Å². The molecule has 2 aliphatic heterocycles. The molecule has 5 heteroatoms. The van der Waals surface area contributed by atoms with E-state index < -0.39 is 12.1 Å². The summed E-state index contributed by atoms with van der Waals surface area (Å²) in [6, 6.07) is 0.502. The highest BCUT2D eigenvalue weighted by molar-refractivity contribution is 4.82. The van der Waals surface area contributed by atoms with Crippen molar-refractivity contribution in [2.24, 2.45) is 5.92 Å². The third-order valence-corrected chi connectivity index (χ3v) is 3.69. The molecule has 0 aromatic carbocycles. The first-order valence-corrected chi connectivity index (χ1v) is 6.08. The predicted octanol–water partition coefficient (Wildman–Crippen LogP) is 2.01. The van der Waals surface area contributed by atoms with Crippen molar-refractivity contribution in [2.75, 3.05) is 26.2 Å². The summed E-state index contributed by atoms with van der Waals surface area (Å²) in [5.74, 6) is -1.07. The summed E-state index contributed by atoms with van der Waals surface area (Å²) in [6.45, 7) is 3.18. The fourth-order valence-electron chi connectivity index (χ4n) is 2.67. The Morgan fingerprint density at radius 3 is 2.31 bits per heavy atom. The molecule has 0 aromatic heterocycles. The van der Waals surface area contributed by atoms with E-state index in [1.807, 2.05) is 0 Å².